The quantitative estimate of drug-likeness (QED) is 0.541. The Morgan fingerprint density at radius 1 is 0.750 bits per heavy atom. The third-order valence-corrected chi connectivity index (χ3v) is 1.58. The molecule has 1 fully saturated rings. The van der Waals surface area contributed by atoms with Crippen molar-refractivity contribution in [1.82, 2.24) is 4.90 Å². The van der Waals surface area contributed by atoms with Crippen LogP contribution in [-0.2, 0) is 0 Å². The maximum atomic E-state index is 2.39. The Balaban J connectivity index is -0.000000144. The fraction of sp³-hybridized carbons (Fsp3) is 1.00. The molecule has 0 unspecified atom stereocenters. The summed E-state index contributed by atoms with van der Waals surface area (Å²) in [5, 5.41) is 0. The Kier molecular flexibility index (Phi) is 25.6. The molecule has 1 nitrogen and oxygen atoms in total. The van der Waals surface area contributed by atoms with Gasteiger partial charge in [0.1, 0.15) is 0 Å². The second kappa shape index (κ2) is 17.2. The maximum Gasteiger partial charge on any atom is -0.00218 e. The van der Waals surface area contributed by atoms with Gasteiger partial charge in [-0.3, -0.25) is 0 Å². The molecule has 1 aliphatic rings. The van der Waals surface area contributed by atoms with E-state index in [2.05, 4.69) is 11.9 Å². The lowest BCUT2D eigenvalue weighted by Gasteiger charge is -2.20. The molecule has 0 aromatic rings. The van der Waals surface area contributed by atoms with E-state index >= 15 is 0 Å². The molecule has 0 aromatic heterocycles. The monoisotopic (exact) mass is 175 g/mol. The van der Waals surface area contributed by atoms with E-state index in [1.807, 2.05) is 27.7 Å². The van der Waals surface area contributed by atoms with Crippen molar-refractivity contribution in [2.24, 2.45) is 0 Å². The number of hydrogen-bond acceptors (Lipinski definition) is 1. The largest absolute Gasteiger partial charge is 0.306 e. The number of nitrogens with zero attached hydrogens (tertiary/aromatic N) is 1. The summed E-state index contributed by atoms with van der Waals surface area (Å²) in [7, 11) is 2.19. The van der Waals surface area contributed by atoms with E-state index < -0.39 is 0 Å². The van der Waals surface area contributed by atoms with E-state index in [1.54, 1.807) is 0 Å². The molecule has 1 heterocycles. The third-order valence-electron chi connectivity index (χ3n) is 1.58. The van der Waals surface area contributed by atoms with Crippen molar-refractivity contribution in [3.63, 3.8) is 0 Å². The van der Waals surface area contributed by atoms with Crippen LogP contribution < -0.4 is 0 Å². The molecule has 1 rings (SSSR count). The fourth-order valence-electron chi connectivity index (χ4n) is 1.05. The summed E-state index contributed by atoms with van der Waals surface area (Å²) in [6.07, 6.45) is 4.28. The first-order valence-corrected chi connectivity index (χ1v) is 5.08. The summed E-state index contributed by atoms with van der Waals surface area (Å²) in [6.45, 7) is 10.6. The van der Waals surface area contributed by atoms with Gasteiger partial charge in [-0.05, 0) is 33.0 Å². The molecule has 0 N–H and O–H groups in total. The van der Waals surface area contributed by atoms with Gasteiger partial charge in [-0.25, -0.2) is 0 Å². The molecule has 1 saturated heterocycles. The van der Waals surface area contributed by atoms with Gasteiger partial charge >= 0.3 is 0 Å². The van der Waals surface area contributed by atoms with Gasteiger partial charge < -0.3 is 4.90 Å². The molecule has 12 heavy (non-hydrogen) atoms. The lowest BCUT2D eigenvalue weighted by Crippen LogP contribution is -2.24. The van der Waals surface area contributed by atoms with Crippen LogP contribution in [0.15, 0.2) is 0 Å². The van der Waals surface area contributed by atoms with Crippen molar-refractivity contribution >= 4 is 0 Å². The van der Waals surface area contributed by atoms with Gasteiger partial charge in [0.2, 0.25) is 0 Å². The van der Waals surface area contributed by atoms with Crippen LogP contribution in [0.3, 0.4) is 0 Å². The summed E-state index contributed by atoms with van der Waals surface area (Å²) in [4.78, 5) is 2.39. The summed E-state index contributed by atoms with van der Waals surface area (Å²) >= 11 is 0. The van der Waals surface area contributed by atoms with E-state index in [4.69, 9.17) is 0 Å². The van der Waals surface area contributed by atoms with Gasteiger partial charge in [-0.15, -0.1) is 0 Å². The Labute approximate surface area is 80.2 Å². The first-order valence-electron chi connectivity index (χ1n) is 5.08. The van der Waals surface area contributed by atoms with Gasteiger partial charge in [0.15, 0.2) is 0 Å². The van der Waals surface area contributed by atoms with Crippen LogP contribution in [0.1, 0.15) is 54.4 Å². The van der Waals surface area contributed by atoms with E-state index in [0.717, 1.165) is 0 Å². The molecule has 0 bridgehead atoms. The van der Waals surface area contributed by atoms with Crippen LogP contribution in [0.4, 0.5) is 0 Å². The van der Waals surface area contributed by atoms with Crippen molar-refractivity contribution in [2.45, 2.75) is 54.4 Å². The molecule has 0 atom stereocenters. The number of rotatable bonds is 0. The summed E-state index contributed by atoms with van der Waals surface area (Å²) < 4.78 is 0. The second-order valence-corrected chi connectivity index (χ2v) is 2.36. The molecular weight excluding hydrogens is 146 g/mol. The van der Waals surface area contributed by atoms with Gasteiger partial charge in [0.05, 0.1) is 0 Å². The molecule has 0 amide bonds. The predicted octanol–water partition coefficient (Wildman–Crippen LogP) is 3.79. The molecule has 1 heteroatoms. The van der Waals surface area contributed by atoms with Crippen LogP contribution >= 0.6 is 0 Å². The minimum absolute atomic E-state index is 0. The first kappa shape index (κ1) is 17.9. The van der Waals surface area contributed by atoms with Gasteiger partial charge in [0.25, 0.3) is 0 Å². The third kappa shape index (κ3) is 12.6. The highest BCUT2D eigenvalue weighted by Gasteiger charge is 2.02. The van der Waals surface area contributed by atoms with Crippen LogP contribution in [0.5, 0.6) is 0 Å². The van der Waals surface area contributed by atoms with Crippen molar-refractivity contribution < 1.29 is 0 Å². The van der Waals surface area contributed by atoms with Crippen LogP contribution in [0, 0.1) is 0 Å². The zero-order valence-electron chi connectivity index (χ0n) is 8.98. The molecule has 1 aliphatic heterocycles. The van der Waals surface area contributed by atoms with E-state index in [9.17, 15) is 0 Å². The number of piperidine rings is 1. The average Bonchev–Trinajstić information content (AvgIpc) is 2.13. The summed E-state index contributed by atoms with van der Waals surface area (Å²) in [5.41, 5.74) is 0. The molecular formula is C11H29N. The SMILES string of the molecule is C.CC.CC.CN1CCCCC1. The minimum Gasteiger partial charge on any atom is -0.306 e. The first-order chi connectivity index (χ1) is 5.39. The standard InChI is InChI=1S/C6H13N.2C2H6.CH4/c1-7-5-3-2-4-6-7;2*1-2;/h2-6H2,1H3;2*1-2H3;1H4. The molecule has 78 valence electrons. The Bertz CT molecular complexity index is 47.0. The zero-order valence-corrected chi connectivity index (χ0v) is 8.98. The van der Waals surface area contributed by atoms with Crippen molar-refractivity contribution in [3.8, 4) is 0 Å². The van der Waals surface area contributed by atoms with E-state index in [0.29, 0.717) is 0 Å². The highest BCUT2D eigenvalue weighted by atomic mass is 15.1. The minimum atomic E-state index is 0. The molecule has 0 saturated carbocycles. The predicted molar refractivity (Wildman–Crippen MR) is 60.8 cm³/mol. The van der Waals surface area contributed by atoms with Crippen LogP contribution in [-0.4, -0.2) is 25.0 Å². The molecule has 0 spiro atoms. The normalized spacial score (nSPS) is 15.8. The summed E-state index contributed by atoms with van der Waals surface area (Å²) in [5.74, 6) is 0. The zero-order chi connectivity index (χ0) is 9.11. The van der Waals surface area contributed by atoms with Crippen molar-refractivity contribution in [1.29, 1.82) is 0 Å². The van der Waals surface area contributed by atoms with Gasteiger partial charge in [0, 0.05) is 0 Å². The van der Waals surface area contributed by atoms with E-state index in [-0.39, 0.29) is 7.43 Å². The molecule has 0 radical (unpaired) electrons. The maximum absolute atomic E-state index is 2.39. The fourth-order valence-corrected chi connectivity index (χ4v) is 1.05. The lowest BCUT2D eigenvalue weighted by atomic mass is 10.1. The Hall–Kier alpha value is -0.0400. The van der Waals surface area contributed by atoms with Crippen LogP contribution in [0.25, 0.3) is 0 Å². The average molecular weight is 175 g/mol. The number of likely N-dealkylation sites (tertiary alicyclic amines) is 1. The highest BCUT2D eigenvalue weighted by Crippen LogP contribution is 2.04. The summed E-state index contributed by atoms with van der Waals surface area (Å²) in [6, 6.07) is 0. The number of hydrogen-bond donors (Lipinski definition) is 0. The molecule has 0 aliphatic carbocycles. The molecule has 0 aromatic carbocycles. The Morgan fingerprint density at radius 2 is 1.08 bits per heavy atom. The van der Waals surface area contributed by atoms with E-state index in [1.165, 1.54) is 32.4 Å². The van der Waals surface area contributed by atoms with Gasteiger partial charge in [-0.1, -0.05) is 41.5 Å². The smallest absolute Gasteiger partial charge is 0.00218 e. The van der Waals surface area contributed by atoms with Crippen molar-refractivity contribution in [3.05, 3.63) is 0 Å². The van der Waals surface area contributed by atoms with Crippen molar-refractivity contribution in [2.75, 3.05) is 20.1 Å². The van der Waals surface area contributed by atoms with Gasteiger partial charge in [-0.2, -0.15) is 0 Å². The highest BCUT2D eigenvalue weighted by molar-refractivity contribution is 4.58. The topological polar surface area (TPSA) is 3.24 Å². The second-order valence-electron chi connectivity index (χ2n) is 2.36. The van der Waals surface area contributed by atoms with Crippen LogP contribution in [0.2, 0.25) is 0 Å². The lowest BCUT2D eigenvalue weighted by molar-refractivity contribution is 0.277. The Morgan fingerprint density at radius 3 is 1.25 bits per heavy atom.